The lowest BCUT2D eigenvalue weighted by Gasteiger charge is -2.17. The molecule has 0 aliphatic carbocycles. The average Bonchev–Trinajstić information content (AvgIpc) is 3.42. The SMILES string of the molecule is Cc1cscc1-c1cc(OCc2cccc(OCCCC(=O)O)c2CCC(=O)O)cc(C(=O)NCc2ccccc2)c1. The molecule has 0 spiro atoms. The summed E-state index contributed by atoms with van der Waals surface area (Å²) in [7, 11) is 0. The van der Waals surface area contributed by atoms with Crippen molar-refractivity contribution in [3.8, 4) is 22.6 Å². The Hall–Kier alpha value is -4.63. The normalized spacial score (nSPS) is 10.7. The molecule has 0 saturated carbocycles. The number of ether oxygens (including phenoxy) is 2. The molecule has 8 nitrogen and oxygen atoms in total. The van der Waals surface area contributed by atoms with E-state index in [0.717, 1.165) is 27.8 Å². The number of carbonyl (C=O) groups excluding carboxylic acids is 1. The van der Waals surface area contributed by atoms with Crippen molar-refractivity contribution in [1.82, 2.24) is 5.32 Å². The van der Waals surface area contributed by atoms with Crippen LogP contribution in [0.1, 0.15) is 51.9 Å². The summed E-state index contributed by atoms with van der Waals surface area (Å²) in [5.74, 6) is -1.06. The molecule has 0 radical (unpaired) electrons. The lowest BCUT2D eigenvalue weighted by molar-refractivity contribution is -0.138. The Bertz CT molecular complexity index is 1530. The maximum Gasteiger partial charge on any atom is 0.303 e. The smallest absolute Gasteiger partial charge is 0.303 e. The molecule has 3 aromatic carbocycles. The fraction of sp³-hybridized carbons (Fsp3) is 0.242. The molecular formula is C33H33NO7S. The fourth-order valence-electron chi connectivity index (χ4n) is 4.47. The number of hydrogen-bond acceptors (Lipinski definition) is 6. The number of amides is 1. The van der Waals surface area contributed by atoms with Crippen molar-refractivity contribution in [2.75, 3.05) is 6.61 Å². The number of carbonyl (C=O) groups is 3. The molecule has 42 heavy (non-hydrogen) atoms. The number of hydrogen-bond donors (Lipinski definition) is 3. The lowest BCUT2D eigenvalue weighted by atomic mass is 10.0. The van der Waals surface area contributed by atoms with E-state index in [4.69, 9.17) is 14.6 Å². The number of aliphatic carboxylic acids is 2. The highest BCUT2D eigenvalue weighted by atomic mass is 32.1. The van der Waals surface area contributed by atoms with Gasteiger partial charge < -0.3 is 25.0 Å². The van der Waals surface area contributed by atoms with Crippen LogP contribution in [-0.4, -0.2) is 34.7 Å². The Kier molecular flexibility index (Phi) is 10.7. The second kappa shape index (κ2) is 14.8. The van der Waals surface area contributed by atoms with Gasteiger partial charge in [0.2, 0.25) is 0 Å². The van der Waals surface area contributed by atoms with Gasteiger partial charge in [0.1, 0.15) is 18.1 Å². The minimum Gasteiger partial charge on any atom is -0.493 e. The van der Waals surface area contributed by atoms with E-state index in [1.165, 1.54) is 0 Å². The zero-order valence-electron chi connectivity index (χ0n) is 23.3. The van der Waals surface area contributed by atoms with Crippen LogP contribution in [0, 0.1) is 6.92 Å². The Balaban J connectivity index is 1.57. The minimum absolute atomic E-state index is 0.0194. The van der Waals surface area contributed by atoms with Crippen LogP contribution >= 0.6 is 11.3 Å². The summed E-state index contributed by atoms with van der Waals surface area (Å²) in [4.78, 5) is 35.4. The molecule has 1 heterocycles. The first-order valence-corrected chi connectivity index (χ1v) is 14.5. The molecule has 0 bridgehead atoms. The monoisotopic (exact) mass is 587 g/mol. The van der Waals surface area contributed by atoms with Crippen LogP contribution in [0.4, 0.5) is 0 Å². The predicted octanol–water partition coefficient (Wildman–Crippen LogP) is 6.49. The first kappa shape index (κ1) is 30.3. The van der Waals surface area contributed by atoms with Gasteiger partial charge in [-0.3, -0.25) is 14.4 Å². The Morgan fingerprint density at radius 1 is 0.881 bits per heavy atom. The van der Waals surface area contributed by atoms with Crippen LogP contribution in [0.25, 0.3) is 11.1 Å². The van der Waals surface area contributed by atoms with E-state index in [-0.39, 0.29) is 38.4 Å². The van der Waals surface area contributed by atoms with E-state index >= 15 is 0 Å². The highest BCUT2D eigenvalue weighted by Gasteiger charge is 2.16. The summed E-state index contributed by atoms with van der Waals surface area (Å²) in [5.41, 5.74) is 5.87. The summed E-state index contributed by atoms with van der Waals surface area (Å²) in [6, 6.07) is 20.5. The third-order valence-corrected chi connectivity index (χ3v) is 7.50. The largest absolute Gasteiger partial charge is 0.493 e. The van der Waals surface area contributed by atoms with Gasteiger partial charge in [-0.15, -0.1) is 0 Å². The van der Waals surface area contributed by atoms with Crippen molar-refractivity contribution in [2.24, 2.45) is 0 Å². The van der Waals surface area contributed by atoms with Crippen LogP contribution in [0.5, 0.6) is 11.5 Å². The maximum atomic E-state index is 13.2. The van der Waals surface area contributed by atoms with E-state index in [1.807, 2.05) is 60.8 Å². The summed E-state index contributed by atoms with van der Waals surface area (Å²) < 4.78 is 12.1. The number of carboxylic acids is 2. The molecule has 0 saturated heterocycles. The Morgan fingerprint density at radius 3 is 2.38 bits per heavy atom. The molecule has 9 heteroatoms. The quantitative estimate of drug-likeness (QED) is 0.136. The van der Waals surface area contributed by atoms with Crippen molar-refractivity contribution < 1.29 is 34.1 Å². The summed E-state index contributed by atoms with van der Waals surface area (Å²) in [5, 5.41) is 25.3. The van der Waals surface area contributed by atoms with Crippen LogP contribution in [0.3, 0.4) is 0 Å². The summed E-state index contributed by atoms with van der Waals surface area (Å²) in [6.45, 7) is 2.73. The number of benzene rings is 3. The standard InChI is InChI=1S/C33H33NO7S/c1-22-20-42-21-29(22)25-15-26(33(39)34-18-23-7-3-2-4-8-23)17-27(16-25)41-19-24-9-5-10-30(28(24)12-13-32(37)38)40-14-6-11-31(35)36/h2-5,7-10,15-17,20-21H,6,11-14,18-19H2,1H3,(H,34,39)(H,35,36)(H,37,38). The van der Waals surface area contributed by atoms with Crippen molar-refractivity contribution in [1.29, 1.82) is 0 Å². The van der Waals surface area contributed by atoms with Crippen molar-refractivity contribution >= 4 is 29.2 Å². The van der Waals surface area contributed by atoms with Gasteiger partial charge in [0.05, 0.1) is 6.61 Å². The molecule has 0 aliphatic rings. The van der Waals surface area contributed by atoms with Gasteiger partial charge in [-0.05, 0) is 82.6 Å². The molecule has 0 fully saturated rings. The third-order valence-electron chi connectivity index (χ3n) is 6.64. The fourth-order valence-corrected chi connectivity index (χ4v) is 5.33. The van der Waals surface area contributed by atoms with Gasteiger partial charge in [-0.1, -0.05) is 42.5 Å². The second-order valence-electron chi connectivity index (χ2n) is 9.80. The van der Waals surface area contributed by atoms with Gasteiger partial charge in [0.25, 0.3) is 5.91 Å². The van der Waals surface area contributed by atoms with Crippen molar-refractivity contribution in [3.63, 3.8) is 0 Å². The van der Waals surface area contributed by atoms with E-state index in [9.17, 15) is 19.5 Å². The van der Waals surface area contributed by atoms with Crippen molar-refractivity contribution in [3.05, 3.63) is 105 Å². The highest BCUT2D eigenvalue weighted by Crippen LogP contribution is 2.32. The number of nitrogens with one attached hydrogen (secondary N) is 1. The molecule has 1 amide bonds. The van der Waals surface area contributed by atoms with E-state index in [1.54, 1.807) is 29.5 Å². The van der Waals surface area contributed by atoms with Gasteiger partial charge >= 0.3 is 11.9 Å². The van der Waals surface area contributed by atoms with Crippen LogP contribution in [-0.2, 0) is 29.2 Å². The minimum atomic E-state index is -0.937. The van der Waals surface area contributed by atoms with E-state index < -0.39 is 11.9 Å². The molecule has 218 valence electrons. The first-order valence-electron chi connectivity index (χ1n) is 13.6. The first-order chi connectivity index (χ1) is 20.3. The maximum absolute atomic E-state index is 13.2. The van der Waals surface area contributed by atoms with Crippen molar-refractivity contribution in [2.45, 2.75) is 45.8 Å². The van der Waals surface area contributed by atoms with Crippen LogP contribution in [0.15, 0.2) is 77.5 Å². The van der Waals surface area contributed by atoms with Gasteiger partial charge in [0.15, 0.2) is 0 Å². The molecule has 4 aromatic rings. The number of rotatable bonds is 15. The van der Waals surface area contributed by atoms with Gasteiger partial charge in [-0.2, -0.15) is 11.3 Å². The molecule has 1 aromatic heterocycles. The molecule has 3 N–H and O–H groups in total. The Morgan fingerprint density at radius 2 is 1.67 bits per heavy atom. The zero-order chi connectivity index (χ0) is 29.9. The number of carboxylic acid groups (broad SMARTS) is 2. The van der Waals surface area contributed by atoms with E-state index in [2.05, 4.69) is 10.7 Å². The molecular weight excluding hydrogens is 554 g/mol. The van der Waals surface area contributed by atoms with Crippen LogP contribution in [0.2, 0.25) is 0 Å². The molecule has 0 unspecified atom stereocenters. The number of thiophene rings is 1. The molecule has 4 rings (SSSR count). The highest BCUT2D eigenvalue weighted by molar-refractivity contribution is 7.08. The number of aryl methyl sites for hydroxylation is 1. The third kappa shape index (κ3) is 8.68. The molecule has 0 atom stereocenters. The zero-order valence-corrected chi connectivity index (χ0v) is 24.1. The average molecular weight is 588 g/mol. The lowest BCUT2D eigenvalue weighted by Crippen LogP contribution is -2.22. The topological polar surface area (TPSA) is 122 Å². The summed E-state index contributed by atoms with van der Waals surface area (Å²) >= 11 is 1.58. The predicted molar refractivity (Wildman–Crippen MR) is 161 cm³/mol. The molecule has 0 aliphatic heterocycles. The Labute approximate surface area is 248 Å². The van der Waals surface area contributed by atoms with Gasteiger partial charge in [-0.25, -0.2) is 0 Å². The van der Waals surface area contributed by atoms with Gasteiger partial charge in [0, 0.05) is 30.5 Å². The van der Waals surface area contributed by atoms with E-state index in [0.29, 0.717) is 35.6 Å². The summed E-state index contributed by atoms with van der Waals surface area (Å²) in [6.07, 6.45) is 0.443. The van der Waals surface area contributed by atoms with Crippen LogP contribution < -0.4 is 14.8 Å². The second-order valence-corrected chi connectivity index (χ2v) is 10.5.